The van der Waals surface area contributed by atoms with Crippen LogP contribution in [0.4, 0.5) is 13.6 Å². The number of hydrogen-bond acceptors (Lipinski definition) is 3. The summed E-state index contributed by atoms with van der Waals surface area (Å²) in [5.41, 5.74) is 0. The van der Waals surface area contributed by atoms with Crippen molar-refractivity contribution >= 4 is 6.03 Å². The number of carbonyl (C=O) groups is 1. The van der Waals surface area contributed by atoms with Crippen molar-refractivity contribution in [3.8, 4) is 5.75 Å². The van der Waals surface area contributed by atoms with E-state index in [1.54, 1.807) is 6.92 Å². The molecule has 2 amide bonds. The molecule has 0 aliphatic heterocycles. The Labute approximate surface area is 109 Å². The van der Waals surface area contributed by atoms with Crippen LogP contribution >= 0.6 is 0 Å². The fourth-order valence-electron chi connectivity index (χ4n) is 1.24. The van der Waals surface area contributed by atoms with Gasteiger partial charge in [0.1, 0.15) is 12.4 Å². The number of rotatable bonds is 6. The van der Waals surface area contributed by atoms with Crippen LogP contribution in [0.2, 0.25) is 0 Å². The van der Waals surface area contributed by atoms with Crippen molar-refractivity contribution in [3.05, 3.63) is 29.8 Å². The van der Waals surface area contributed by atoms with Crippen molar-refractivity contribution in [2.45, 2.75) is 13.0 Å². The van der Waals surface area contributed by atoms with E-state index in [9.17, 15) is 13.6 Å². The van der Waals surface area contributed by atoms with E-state index in [1.165, 1.54) is 6.07 Å². The topological polar surface area (TPSA) is 70.6 Å². The number of urea groups is 1. The van der Waals surface area contributed by atoms with Crippen molar-refractivity contribution in [1.29, 1.82) is 0 Å². The van der Waals surface area contributed by atoms with E-state index in [1.807, 2.05) is 0 Å². The largest absolute Gasteiger partial charge is 0.489 e. The molecule has 0 spiro atoms. The molecule has 106 valence electrons. The number of carbonyl (C=O) groups excluding carboxylic acids is 1. The summed E-state index contributed by atoms with van der Waals surface area (Å²) in [7, 11) is 0. The zero-order valence-corrected chi connectivity index (χ0v) is 10.5. The molecule has 1 unspecified atom stereocenters. The molecule has 0 radical (unpaired) electrons. The van der Waals surface area contributed by atoms with Crippen LogP contribution in [0.15, 0.2) is 18.2 Å². The highest BCUT2D eigenvalue weighted by Gasteiger charge is 2.06. The Morgan fingerprint density at radius 2 is 2.21 bits per heavy atom. The number of aliphatic hydroxyl groups is 1. The van der Waals surface area contributed by atoms with Crippen LogP contribution in [0.25, 0.3) is 0 Å². The SMILES string of the molecule is CC(CO)NC(=O)NCCOc1ccc(F)cc1F. The highest BCUT2D eigenvalue weighted by Crippen LogP contribution is 2.17. The lowest BCUT2D eigenvalue weighted by Crippen LogP contribution is -2.43. The van der Waals surface area contributed by atoms with Gasteiger partial charge in [-0.05, 0) is 19.1 Å². The van der Waals surface area contributed by atoms with Crippen LogP contribution in [0.5, 0.6) is 5.75 Å². The second kappa shape index (κ2) is 7.52. The standard InChI is InChI=1S/C12H16F2N2O3/c1-8(7-17)16-12(18)15-4-5-19-11-3-2-9(13)6-10(11)14/h2-3,6,8,17H,4-5,7H2,1H3,(H2,15,16,18). The minimum absolute atomic E-state index is 0.0451. The third-order valence-corrected chi connectivity index (χ3v) is 2.19. The number of nitrogens with one attached hydrogen (secondary N) is 2. The van der Waals surface area contributed by atoms with E-state index in [0.717, 1.165) is 12.1 Å². The van der Waals surface area contributed by atoms with E-state index in [4.69, 9.17) is 9.84 Å². The lowest BCUT2D eigenvalue weighted by Gasteiger charge is -2.12. The Morgan fingerprint density at radius 1 is 1.47 bits per heavy atom. The fourth-order valence-corrected chi connectivity index (χ4v) is 1.24. The molecule has 5 nitrogen and oxygen atoms in total. The van der Waals surface area contributed by atoms with Gasteiger partial charge in [0.2, 0.25) is 0 Å². The number of halogens is 2. The molecule has 1 aromatic rings. The number of aliphatic hydroxyl groups excluding tert-OH is 1. The second-order valence-corrected chi connectivity index (χ2v) is 3.91. The summed E-state index contributed by atoms with van der Waals surface area (Å²) in [6.45, 7) is 1.68. The Kier molecular flexibility index (Phi) is 6.01. The Morgan fingerprint density at radius 3 is 2.84 bits per heavy atom. The molecular formula is C12H16F2N2O3. The highest BCUT2D eigenvalue weighted by atomic mass is 19.1. The molecule has 3 N–H and O–H groups in total. The van der Waals surface area contributed by atoms with E-state index >= 15 is 0 Å². The van der Waals surface area contributed by atoms with Crippen LogP contribution < -0.4 is 15.4 Å². The van der Waals surface area contributed by atoms with Gasteiger partial charge in [-0.15, -0.1) is 0 Å². The maximum atomic E-state index is 13.2. The molecule has 19 heavy (non-hydrogen) atoms. The van der Waals surface area contributed by atoms with Crippen LogP contribution in [-0.4, -0.2) is 36.9 Å². The molecule has 1 aromatic carbocycles. The van der Waals surface area contributed by atoms with Crippen LogP contribution in [0, 0.1) is 11.6 Å². The van der Waals surface area contributed by atoms with Crippen molar-refractivity contribution < 1.29 is 23.4 Å². The third kappa shape index (κ3) is 5.52. The third-order valence-electron chi connectivity index (χ3n) is 2.19. The van der Waals surface area contributed by atoms with Crippen molar-refractivity contribution in [1.82, 2.24) is 10.6 Å². The Balaban J connectivity index is 2.25. The van der Waals surface area contributed by atoms with Gasteiger partial charge in [0, 0.05) is 6.07 Å². The van der Waals surface area contributed by atoms with E-state index in [2.05, 4.69) is 10.6 Å². The lowest BCUT2D eigenvalue weighted by molar-refractivity contribution is 0.217. The molecule has 0 aliphatic rings. The fraction of sp³-hybridized carbons (Fsp3) is 0.417. The van der Waals surface area contributed by atoms with Gasteiger partial charge >= 0.3 is 6.03 Å². The molecule has 0 saturated carbocycles. The van der Waals surface area contributed by atoms with Gasteiger partial charge in [-0.25, -0.2) is 13.6 Å². The summed E-state index contributed by atoms with van der Waals surface area (Å²) >= 11 is 0. The molecule has 0 heterocycles. The minimum Gasteiger partial charge on any atom is -0.489 e. The normalized spacial score (nSPS) is 11.8. The van der Waals surface area contributed by atoms with Gasteiger partial charge in [0.15, 0.2) is 11.6 Å². The first-order valence-corrected chi connectivity index (χ1v) is 5.76. The predicted molar refractivity (Wildman–Crippen MR) is 64.9 cm³/mol. The average molecular weight is 274 g/mol. The Hall–Kier alpha value is -1.89. The summed E-state index contributed by atoms with van der Waals surface area (Å²) in [6.07, 6.45) is 0. The van der Waals surface area contributed by atoms with Gasteiger partial charge in [-0.1, -0.05) is 0 Å². The lowest BCUT2D eigenvalue weighted by atomic mass is 10.3. The van der Waals surface area contributed by atoms with Gasteiger partial charge < -0.3 is 20.5 Å². The summed E-state index contributed by atoms with van der Waals surface area (Å²) in [5.74, 6) is -1.55. The molecule has 7 heteroatoms. The van der Waals surface area contributed by atoms with Crippen molar-refractivity contribution in [2.24, 2.45) is 0 Å². The molecule has 0 bridgehead atoms. The summed E-state index contributed by atoms with van der Waals surface area (Å²) in [5, 5.41) is 13.7. The smallest absolute Gasteiger partial charge is 0.315 e. The average Bonchev–Trinajstić information content (AvgIpc) is 2.36. The number of ether oxygens (including phenoxy) is 1. The first-order valence-electron chi connectivity index (χ1n) is 5.76. The monoisotopic (exact) mass is 274 g/mol. The van der Waals surface area contributed by atoms with E-state index in [-0.39, 0.29) is 31.5 Å². The second-order valence-electron chi connectivity index (χ2n) is 3.91. The van der Waals surface area contributed by atoms with Crippen LogP contribution in [0.3, 0.4) is 0 Å². The molecule has 0 saturated heterocycles. The summed E-state index contributed by atoms with van der Waals surface area (Å²) in [6, 6.07) is 2.18. The van der Waals surface area contributed by atoms with Gasteiger partial charge in [0.25, 0.3) is 0 Å². The molecule has 0 aliphatic carbocycles. The molecule has 0 fully saturated rings. The van der Waals surface area contributed by atoms with Crippen LogP contribution in [-0.2, 0) is 0 Å². The van der Waals surface area contributed by atoms with Crippen molar-refractivity contribution in [2.75, 3.05) is 19.8 Å². The quantitative estimate of drug-likeness (QED) is 0.678. The maximum Gasteiger partial charge on any atom is 0.315 e. The van der Waals surface area contributed by atoms with Gasteiger partial charge in [-0.2, -0.15) is 0 Å². The van der Waals surface area contributed by atoms with Crippen LogP contribution in [0.1, 0.15) is 6.92 Å². The first kappa shape index (κ1) is 15.2. The summed E-state index contributed by atoms with van der Waals surface area (Å²) in [4.78, 5) is 11.2. The first-order chi connectivity index (χ1) is 9.02. The molecule has 0 aromatic heterocycles. The van der Waals surface area contributed by atoms with E-state index in [0.29, 0.717) is 0 Å². The number of benzene rings is 1. The van der Waals surface area contributed by atoms with Gasteiger partial charge in [0.05, 0.1) is 19.2 Å². The summed E-state index contributed by atoms with van der Waals surface area (Å²) < 4.78 is 30.8. The minimum atomic E-state index is -0.793. The molecule has 1 atom stereocenters. The number of amides is 2. The zero-order chi connectivity index (χ0) is 14.3. The Bertz CT molecular complexity index is 429. The van der Waals surface area contributed by atoms with Gasteiger partial charge in [-0.3, -0.25) is 0 Å². The van der Waals surface area contributed by atoms with Crippen molar-refractivity contribution in [3.63, 3.8) is 0 Å². The number of hydrogen-bond donors (Lipinski definition) is 3. The highest BCUT2D eigenvalue weighted by molar-refractivity contribution is 5.74. The maximum absolute atomic E-state index is 13.2. The predicted octanol–water partition coefficient (Wildman–Crippen LogP) is 1.02. The zero-order valence-electron chi connectivity index (χ0n) is 10.5. The molecular weight excluding hydrogens is 258 g/mol. The molecule has 1 rings (SSSR count). The van der Waals surface area contributed by atoms with E-state index < -0.39 is 17.7 Å².